The van der Waals surface area contributed by atoms with Crippen LogP contribution in [0.15, 0.2) is 218 Å². The maximum absolute atomic E-state index is 5.32. The van der Waals surface area contributed by atoms with Crippen LogP contribution >= 0.6 is 0 Å². The minimum absolute atomic E-state index is 0.508. The van der Waals surface area contributed by atoms with Crippen molar-refractivity contribution < 1.29 is 0 Å². The Hall–Kier alpha value is -7.16. The van der Waals surface area contributed by atoms with E-state index in [9.17, 15) is 0 Å². The number of fused-ring (bicyclic) bond motifs is 3. The Kier molecular flexibility index (Phi) is 8.08. The van der Waals surface area contributed by atoms with Crippen molar-refractivity contribution in [3.63, 3.8) is 0 Å². The molecule has 8 aromatic carbocycles. The van der Waals surface area contributed by atoms with Crippen LogP contribution in [-0.4, -0.2) is 9.97 Å². The summed E-state index contributed by atoms with van der Waals surface area (Å²) in [6.45, 7) is 0. The molecule has 1 heterocycles. The zero-order valence-electron chi connectivity index (χ0n) is 30.2. The third-order valence-electron chi connectivity index (χ3n) is 11.0. The van der Waals surface area contributed by atoms with Crippen molar-refractivity contribution in [2.45, 2.75) is 5.41 Å². The van der Waals surface area contributed by atoms with E-state index in [4.69, 9.17) is 9.97 Å². The summed E-state index contributed by atoms with van der Waals surface area (Å²) in [7, 11) is 0. The quantitative estimate of drug-likeness (QED) is 0.165. The minimum atomic E-state index is -0.508. The van der Waals surface area contributed by atoms with Crippen molar-refractivity contribution in [2.24, 2.45) is 0 Å². The second kappa shape index (κ2) is 13.7. The van der Waals surface area contributed by atoms with E-state index >= 15 is 0 Å². The maximum Gasteiger partial charge on any atom is 0.160 e. The molecule has 9 aromatic rings. The number of hydrogen-bond acceptors (Lipinski definition) is 2. The molecule has 0 unspecified atom stereocenters. The molecular weight excluding hydrogens is 665 g/mol. The molecule has 0 fully saturated rings. The molecule has 55 heavy (non-hydrogen) atoms. The van der Waals surface area contributed by atoms with E-state index in [1.807, 2.05) is 0 Å². The molecule has 0 atom stereocenters. The Morgan fingerprint density at radius 2 is 0.655 bits per heavy atom. The van der Waals surface area contributed by atoms with E-state index in [-0.39, 0.29) is 0 Å². The summed E-state index contributed by atoms with van der Waals surface area (Å²) in [5, 5.41) is 0. The number of aromatic nitrogens is 2. The summed E-state index contributed by atoms with van der Waals surface area (Å²) in [4.78, 5) is 10.6. The highest BCUT2D eigenvalue weighted by atomic mass is 14.9. The van der Waals surface area contributed by atoms with Crippen molar-refractivity contribution in [3.05, 3.63) is 241 Å². The molecule has 258 valence electrons. The molecule has 10 rings (SSSR count). The molecule has 1 aromatic heterocycles. The molecule has 0 spiro atoms. The highest BCUT2D eigenvalue weighted by Gasteiger charge is 2.46. The number of hydrogen-bond donors (Lipinski definition) is 0. The van der Waals surface area contributed by atoms with Gasteiger partial charge in [0.25, 0.3) is 0 Å². The SMILES string of the molecule is c1ccc(-c2ccc(-c3cc(-c4ccc(-c5ccccc5)cc4)nc(-c4ccc5c(c4)C(c4ccccc4)(c4ccccc4)c4ccccc4-5)n3)cc2)cc1. The van der Waals surface area contributed by atoms with Crippen LogP contribution in [0, 0.1) is 0 Å². The average Bonchev–Trinajstić information content (AvgIpc) is 3.58. The molecule has 0 radical (unpaired) electrons. The van der Waals surface area contributed by atoms with Gasteiger partial charge in [-0.15, -0.1) is 0 Å². The van der Waals surface area contributed by atoms with Gasteiger partial charge in [0.1, 0.15) is 0 Å². The van der Waals surface area contributed by atoms with Gasteiger partial charge in [-0.25, -0.2) is 9.97 Å². The zero-order chi connectivity index (χ0) is 36.6. The predicted molar refractivity (Wildman–Crippen MR) is 227 cm³/mol. The molecule has 1 aliphatic carbocycles. The highest BCUT2D eigenvalue weighted by Crippen LogP contribution is 2.56. The number of nitrogens with zero attached hydrogens (tertiary/aromatic N) is 2. The standard InChI is InChI=1S/C53H36N2/c1-5-15-37(16-6-1)39-25-29-41(30-26-39)50-36-51(42-31-27-40(28-32-42)38-17-7-2-8-18-38)55-52(54-50)43-33-34-47-46-23-13-14-24-48(46)53(49(47)35-43,44-19-9-3-10-20-44)45-21-11-4-12-22-45/h1-36H. The summed E-state index contributed by atoms with van der Waals surface area (Å²) in [5.41, 5.74) is 16.5. The van der Waals surface area contributed by atoms with Gasteiger partial charge in [-0.2, -0.15) is 0 Å². The molecule has 0 saturated heterocycles. The molecule has 0 N–H and O–H groups in total. The van der Waals surface area contributed by atoms with Gasteiger partial charge in [0.2, 0.25) is 0 Å². The Bertz CT molecular complexity index is 2620. The van der Waals surface area contributed by atoms with Gasteiger partial charge < -0.3 is 0 Å². The van der Waals surface area contributed by atoms with E-state index in [0.717, 1.165) is 28.1 Å². The fourth-order valence-corrected chi connectivity index (χ4v) is 8.38. The first-order valence-electron chi connectivity index (χ1n) is 18.8. The minimum Gasteiger partial charge on any atom is -0.228 e. The van der Waals surface area contributed by atoms with Crippen LogP contribution in [-0.2, 0) is 5.41 Å². The third-order valence-corrected chi connectivity index (χ3v) is 11.0. The lowest BCUT2D eigenvalue weighted by molar-refractivity contribution is 0.768. The number of benzene rings is 8. The predicted octanol–water partition coefficient (Wildman–Crippen LogP) is 13.2. The first-order valence-corrected chi connectivity index (χ1v) is 18.8. The summed E-state index contributed by atoms with van der Waals surface area (Å²) in [6, 6.07) is 78.1. The second-order valence-electron chi connectivity index (χ2n) is 14.1. The van der Waals surface area contributed by atoms with Crippen LogP contribution in [0.5, 0.6) is 0 Å². The average molecular weight is 701 g/mol. The van der Waals surface area contributed by atoms with Crippen LogP contribution < -0.4 is 0 Å². The van der Waals surface area contributed by atoms with Crippen LogP contribution in [0.2, 0.25) is 0 Å². The van der Waals surface area contributed by atoms with Gasteiger partial charge in [-0.1, -0.05) is 206 Å². The lowest BCUT2D eigenvalue weighted by atomic mass is 9.67. The van der Waals surface area contributed by atoms with Crippen molar-refractivity contribution >= 4 is 0 Å². The van der Waals surface area contributed by atoms with E-state index in [1.165, 1.54) is 55.6 Å². The van der Waals surface area contributed by atoms with Crippen molar-refractivity contribution in [1.29, 1.82) is 0 Å². The van der Waals surface area contributed by atoms with Gasteiger partial charge in [0, 0.05) is 16.7 Å². The smallest absolute Gasteiger partial charge is 0.160 e. The highest BCUT2D eigenvalue weighted by molar-refractivity contribution is 5.88. The van der Waals surface area contributed by atoms with Gasteiger partial charge >= 0.3 is 0 Å². The summed E-state index contributed by atoms with van der Waals surface area (Å²) in [6.07, 6.45) is 0. The van der Waals surface area contributed by atoms with Gasteiger partial charge in [-0.05, 0) is 67.8 Å². The van der Waals surface area contributed by atoms with Gasteiger partial charge in [0.15, 0.2) is 5.82 Å². The molecule has 0 amide bonds. The molecule has 0 saturated carbocycles. The third kappa shape index (κ3) is 5.67. The van der Waals surface area contributed by atoms with Crippen LogP contribution in [0.3, 0.4) is 0 Å². The van der Waals surface area contributed by atoms with Gasteiger partial charge in [0.05, 0.1) is 16.8 Å². The Labute approximate surface area is 322 Å². The zero-order valence-corrected chi connectivity index (χ0v) is 30.2. The van der Waals surface area contributed by atoms with E-state index in [0.29, 0.717) is 5.82 Å². The van der Waals surface area contributed by atoms with Crippen molar-refractivity contribution in [2.75, 3.05) is 0 Å². The van der Waals surface area contributed by atoms with Crippen LogP contribution in [0.4, 0.5) is 0 Å². The topological polar surface area (TPSA) is 25.8 Å². The molecule has 1 aliphatic rings. The van der Waals surface area contributed by atoms with Crippen LogP contribution in [0.1, 0.15) is 22.3 Å². The first-order chi connectivity index (χ1) is 27.3. The number of rotatable bonds is 7. The molecular formula is C53H36N2. The van der Waals surface area contributed by atoms with E-state index in [1.54, 1.807) is 0 Å². The second-order valence-corrected chi connectivity index (χ2v) is 14.1. The van der Waals surface area contributed by atoms with Crippen molar-refractivity contribution in [1.82, 2.24) is 9.97 Å². The Morgan fingerprint density at radius 1 is 0.273 bits per heavy atom. The molecule has 0 aliphatic heterocycles. The molecule has 0 bridgehead atoms. The Balaban J connectivity index is 1.16. The first kappa shape index (κ1) is 32.5. The van der Waals surface area contributed by atoms with Crippen molar-refractivity contribution in [3.8, 4) is 67.3 Å². The fraction of sp³-hybridized carbons (Fsp3) is 0.0189. The fourth-order valence-electron chi connectivity index (χ4n) is 8.38. The maximum atomic E-state index is 5.32. The summed E-state index contributed by atoms with van der Waals surface area (Å²) >= 11 is 0. The summed E-state index contributed by atoms with van der Waals surface area (Å²) in [5.74, 6) is 0.695. The van der Waals surface area contributed by atoms with E-state index in [2.05, 4.69) is 218 Å². The normalized spacial score (nSPS) is 12.5. The van der Waals surface area contributed by atoms with Crippen LogP contribution in [0.25, 0.3) is 67.3 Å². The molecule has 2 nitrogen and oxygen atoms in total. The largest absolute Gasteiger partial charge is 0.228 e. The lowest BCUT2D eigenvalue weighted by Crippen LogP contribution is -2.28. The Morgan fingerprint density at radius 3 is 1.16 bits per heavy atom. The van der Waals surface area contributed by atoms with E-state index < -0.39 is 5.41 Å². The lowest BCUT2D eigenvalue weighted by Gasteiger charge is -2.34. The monoisotopic (exact) mass is 700 g/mol. The molecule has 2 heteroatoms. The van der Waals surface area contributed by atoms with Gasteiger partial charge in [-0.3, -0.25) is 0 Å². The summed E-state index contributed by atoms with van der Waals surface area (Å²) < 4.78 is 0.